The van der Waals surface area contributed by atoms with Gasteiger partial charge >= 0.3 is 0 Å². The molecular weight excluding hydrogens is 236 g/mol. The van der Waals surface area contributed by atoms with Gasteiger partial charge < -0.3 is 9.47 Å². The fraction of sp³-hybridized carbons (Fsp3) is 0.167. The second-order valence-corrected chi connectivity index (χ2v) is 3.85. The summed E-state index contributed by atoms with van der Waals surface area (Å²) in [5.74, 6) is 6.44. The Hall–Kier alpha value is -2.06. The Labute approximate surface area is 103 Å². The van der Waals surface area contributed by atoms with E-state index in [-0.39, 0.29) is 0 Å². The van der Waals surface area contributed by atoms with E-state index in [1.807, 2.05) is 17.5 Å². The fourth-order valence-electron chi connectivity index (χ4n) is 1.06. The quantitative estimate of drug-likeness (QED) is 0.778. The zero-order chi connectivity index (χ0) is 11.9. The standard InChI is InChI=1S/C12H10N2O2S/c1-2-3-6-15-10-8-11(14-9-13-10)16-12-5-4-7-17-12/h4-5,7-9H,6H2,1H3. The van der Waals surface area contributed by atoms with Gasteiger partial charge in [-0.2, -0.15) is 0 Å². The third-order valence-corrected chi connectivity index (χ3v) is 2.53. The van der Waals surface area contributed by atoms with Gasteiger partial charge in [-0.15, -0.1) is 17.3 Å². The third kappa shape index (κ3) is 3.47. The molecule has 0 aliphatic rings. The molecule has 0 unspecified atom stereocenters. The van der Waals surface area contributed by atoms with Gasteiger partial charge in [0, 0.05) is 0 Å². The molecule has 5 heteroatoms. The van der Waals surface area contributed by atoms with Crippen LogP contribution < -0.4 is 9.47 Å². The number of aromatic nitrogens is 2. The van der Waals surface area contributed by atoms with Gasteiger partial charge in [0.25, 0.3) is 0 Å². The fourth-order valence-corrected chi connectivity index (χ4v) is 1.65. The largest absolute Gasteiger partial charge is 0.464 e. The number of ether oxygens (including phenoxy) is 2. The molecular formula is C12H10N2O2S. The molecule has 2 rings (SSSR count). The van der Waals surface area contributed by atoms with Crippen LogP contribution in [0, 0.1) is 11.8 Å². The van der Waals surface area contributed by atoms with Crippen molar-refractivity contribution in [3.63, 3.8) is 0 Å². The van der Waals surface area contributed by atoms with Crippen molar-refractivity contribution >= 4 is 11.3 Å². The summed E-state index contributed by atoms with van der Waals surface area (Å²) in [4.78, 5) is 7.96. The first-order valence-electron chi connectivity index (χ1n) is 4.94. The van der Waals surface area contributed by atoms with Gasteiger partial charge in [-0.05, 0) is 24.4 Å². The lowest BCUT2D eigenvalue weighted by Gasteiger charge is -2.03. The van der Waals surface area contributed by atoms with Crippen LogP contribution in [0.25, 0.3) is 0 Å². The van der Waals surface area contributed by atoms with E-state index in [0.29, 0.717) is 18.4 Å². The molecule has 0 amide bonds. The topological polar surface area (TPSA) is 44.2 Å². The summed E-state index contributed by atoms with van der Waals surface area (Å²) < 4.78 is 10.8. The highest BCUT2D eigenvalue weighted by atomic mass is 32.1. The summed E-state index contributed by atoms with van der Waals surface area (Å²) in [6.45, 7) is 2.07. The molecule has 0 aliphatic heterocycles. The van der Waals surface area contributed by atoms with Crippen LogP contribution in [0.5, 0.6) is 16.8 Å². The van der Waals surface area contributed by atoms with Crippen molar-refractivity contribution in [2.75, 3.05) is 6.61 Å². The maximum absolute atomic E-state index is 5.52. The Morgan fingerprint density at radius 2 is 2.24 bits per heavy atom. The molecule has 0 fully saturated rings. The van der Waals surface area contributed by atoms with Crippen LogP contribution in [0.15, 0.2) is 29.9 Å². The molecule has 2 heterocycles. The average molecular weight is 246 g/mol. The maximum atomic E-state index is 5.52. The first-order valence-corrected chi connectivity index (χ1v) is 5.82. The van der Waals surface area contributed by atoms with Crippen LogP contribution >= 0.6 is 11.3 Å². The third-order valence-electron chi connectivity index (χ3n) is 1.79. The van der Waals surface area contributed by atoms with Crippen LogP contribution in [-0.2, 0) is 0 Å². The van der Waals surface area contributed by atoms with Crippen molar-refractivity contribution in [2.24, 2.45) is 0 Å². The maximum Gasteiger partial charge on any atom is 0.227 e. The van der Waals surface area contributed by atoms with Crippen molar-refractivity contribution in [3.05, 3.63) is 29.9 Å². The highest BCUT2D eigenvalue weighted by Gasteiger charge is 2.02. The van der Waals surface area contributed by atoms with Crippen molar-refractivity contribution in [3.8, 4) is 28.7 Å². The summed E-state index contributed by atoms with van der Waals surface area (Å²) in [6.07, 6.45) is 1.40. The normalized spacial score (nSPS) is 9.24. The second kappa shape index (κ2) is 5.87. The Bertz CT molecular complexity index is 529. The average Bonchev–Trinajstić information content (AvgIpc) is 2.83. The van der Waals surface area contributed by atoms with Crippen molar-refractivity contribution < 1.29 is 9.47 Å². The van der Waals surface area contributed by atoms with Gasteiger partial charge in [0.15, 0.2) is 11.7 Å². The zero-order valence-electron chi connectivity index (χ0n) is 9.21. The van der Waals surface area contributed by atoms with Crippen LogP contribution in [0.3, 0.4) is 0 Å². The molecule has 2 aromatic heterocycles. The summed E-state index contributed by atoms with van der Waals surface area (Å²) in [5, 5.41) is 2.72. The molecule has 2 aromatic rings. The molecule has 86 valence electrons. The molecule has 0 aliphatic carbocycles. The van der Waals surface area contributed by atoms with Gasteiger partial charge in [0.1, 0.15) is 6.33 Å². The highest BCUT2D eigenvalue weighted by molar-refractivity contribution is 7.11. The lowest BCUT2D eigenvalue weighted by molar-refractivity contribution is 0.350. The second-order valence-electron chi connectivity index (χ2n) is 2.94. The Kier molecular flexibility index (Phi) is 3.95. The Morgan fingerprint density at radius 3 is 3.00 bits per heavy atom. The molecule has 4 nitrogen and oxygen atoms in total. The van der Waals surface area contributed by atoms with E-state index in [1.54, 1.807) is 13.0 Å². The Morgan fingerprint density at radius 1 is 1.35 bits per heavy atom. The van der Waals surface area contributed by atoms with E-state index in [9.17, 15) is 0 Å². The summed E-state index contributed by atoms with van der Waals surface area (Å²) in [5.41, 5.74) is 0. The van der Waals surface area contributed by atoms with Crippen molar-refractivity contribution in [1.82, 2.24) is 9.97 Å². The SMILES string of the molecule is CC#CCOc1cc(Oc2cccs2)ncn1. The zero-order valence-corrected chi connectivity index (χ0v) is 10.0. The number of nitrogens with zero attached hydrogens (tertiary/aromatic N) is 2. The van der Waals surface area contributed by atoms with Gasteiger partial charge in [0.2, 0.25) is 11.8 Å². The number of hydrogen-bond acceptors (Lipinski definition) is 5. The Balaban J connectivity index is 2.02. The van der Waals surface area contributed by atoms with Crippen LogP contribution in [-0.4, -0.2) is 16.6 Å². The number of rotatable bonds is 4. The molecule has 0 saturated carbocycles. The minimum absolute atomic E-state index is 0.311. The predicted octanol–water partition coefficient (Wildman–Crippen LogP) is 2.73. The molecule has 0 saturated heterocycles. The molecule has 0 bridgehead atoms. The van der Waals surface area contributed by atoms with E-state index < -0.39 is 0 Å². The van der Waals surface area contributed by atoms with E-state index >= 15 is 0 Å². The van der Waals surface area contributed by atoms with Crippen LogP contribution in [0.4, 0.5) is 0 Å². The molecule has 0 atom stereocenters. The van der Waals surface area contributed by atoms with Crippen molar-refractivity contribution in [1.29, 1.82) is 0 Å². The summed E-state index contributed by atoms with van der Waals surface area (Å²) in [6, 6.07) is 5.42. The summed E-state index contributed by atoms with van der Waals surface area (Å²) in [7, 11) is 0. The predicted molar refractivity (Wildman–Crippen MR) is 65.4 cm³/mol. The summed E-state index contributed by atoms with van der Waals surface area (Å²) >= 11 is 1.50. The molecule has 0 radical (unpaired) electrons. The van der Waals surface area contributed by atoms with Gasteiger partial charge in [-0.25, -0.2) is 9.97 Å². The van der Waals surface area contributed by atoms with E-state index in [2.05, 4.69) is 21.8 Å². The molecule has 0 aromatic carbocycles. The monoisotopic (exact) mass is 246 g/mol. The van der Waals surface area contributed by atoms with Gasteiger partial charge in [-0.3, -0.25) is 0 Å². The van der Waals surface area contributed by atoms with Crippen molar-refractivity contribution in [2.45, 2.75) is 6.92 Å². The van der Waals surface area contributed by atoms with E-state index in [0.717, 1.165) is 5.06 Å². The highest BCUT2D eigenvalue weighted by Crippen LogP contribution is 2.25. The minimum atomic E-state index is 0.311. The van der Waals surface area contributed by atoms with E-state index in [4.69, 9.17) is 9.47 Å². The first-order chi connectivity index (χ1) is 8.38. The first kappa shape index (κ1) is 11.4. The molecule has 0 N–H and O–H groups in total. The van der Waals surface area contributed by atoms with Gasteiger partial charge in [-0.1, -0.05) is 5.92 Å². The van der Waals surface area contributed by atoms with E-state index in [1.165, 1.54) is 17.7 Å². The van der Waals surface area contributed by atoms with Gasteiger partial charge in [0.05, 0.1) is 6.07 Å². The van der Waals surface area contributed by atoms with Crippen LogP contribution in [0.1, 0.15) is 6.92 Å². The molecule has 0 spiro atoms. The lowest BCUT2D eigenvalue weighted by atomic mass is 10.6. The smallest absolute Gasteiger partial charge is 0.227 e. The number of hydrogen-bond donors (Lipinski definition) is 0. The van der Waals surface area contributed by atoms with Crippen LogP contribution in [0.2, 0.25) is 0 Å². The lowest BCUT2D eigenvalue weighted by Crippen LogP contribution is -1.97. The number of thiophene rings is 1. The molecule has 17 heavy (non-hydrogen) atoms. The minimum Gasteiger partial charge on any atom is -0.464 e.